The highest BCUT2D eigenvalue weighted by Crippen LogP contribution is 2.21. The molecular weight excluding hydrogens is 306 g/mol. The van der Waals surface area contributed by atoms with E-state index in [9.17, 15) is 5.11 Å². The highest BCUT2D eigenvalue weighted by atomic mass is 32.1. The topological polar surface area (TPSA) is 55.5 Å². The van der Waals surface area contributed by atoms with Gasteiger partial charge < -0.3 is 15.6 Å². The third-order valence-electron chi connectivity index (χ3n) is 3.56. The zero-order valence-electron chi connectivity index (χ0n) is 13.6. The molecule has 124 valence electrons. The van der Waals surface area contributed by atoms with E-state index in [2.05, 4.69) is 24.3 Å². The number of aliphatic hydroxyl groups excluding tert-OH is 1. The Labute approximate surface area is 142 Å². The average Bonchev–Trinajstić information content (AvgIpc) is 3.02. The second-order valence-corrected chi connectivity index (χ2v) is 7.17. The molecule has 0 spiro atoms. The van der Waals surface area contributed by atoms with Crippen LogP contribution in [-0.4, -0.2) is 23.9 Å². The first-order valence-electron chi connectivity index (χ1n) is 7.92. The summed E-state index contributed by atoms with van der Waals surface area (Å²) < 4.78 is 5.65. The molecule has 1 unspecified atom stereocenters. The molecule has 0 saturated heterocycles. The lowest BCUT2D eigenvalue weighted by molar-refractivity contribution is 0.201. The summed E-state index contributed by atoms with van der Waals surface area (Å²) >= 11 is 1.77. The van der Waals surface area contributed by atoms with Crippen molar-refractivity contribution in [1.29, 1.82) is 0 Å². The molecule has 0 amide bonds. The van der Waals surface area contributed by atoms with Crippen molar-refractivity contribution < 1.29 is 9.84 Å². The SMILES string of the molecule is CC(N)(CO)CCc1ccc(/C=C/CCOc2ccccc2)s1. The van der Waals surface area contributed by atoms with E-state index in [0.717, 1.165) is 25.0 Å². The lowest BCUT2D eigenvalue weighted by atomic mass is 9.98. The van der Waals surface area contributed by atoms with E-state index in [0.29, 0.717) is 6.61 Å². The molecule has 1 aromatic carbocycles. The smallest absolute Gasteiger partial charge is 0.119 e. The van der Waals surface area contributed by atoms with Crippen LogP contribution in [0.15, 0.2) is 48.5 Å². The van der Waals surface area contributed by atoms with E-state index in [1.165, 1.54) is 9.75 Å². The minimum atomic E-state index is -0.491. The molecule has 4 heteroatoms. The van der Waals surface area contributed by atoms with E-state index in [-0.39, 0.29) is 6.61 Å². The third-order valence-corrected chi connectivity index (χ3v) is 4.67. The van der Waals surface area contributed by atoms with Crippen LogP contribution in [0.25, 0.3) is 6.08 Å². The minimum absolute atomic E-state index is 0.0204. The number of ether oxygens (including phenoxy) is 1. The van der Waals surface area contributed by atoms with Gasteiger partial charge in [0.2, 0.25) is 0 Å². The van der Waals surface area contributed by atoms with Gasteiger partial charge in [-0.15, -0.1) is 11.3 Å². The van der Waals surface area contributed by atoms with Gasteiger partial charge in [0, 0.05) is 15.3 Å². The summed E-state index contributed by atoms with van der Waals surface area (Å²) in [4.78, 5) is 2.54. The number of benzene rings is 1. The van der Waals surface area contributed by atoms with E-state index in [1.54, 1.807) is 11.3 Å². The summed E-state index contributed by atoms with van der Waals surface area (Å²) in [6.45, 7) is 2.58. The van der Waals surface area contributed by atoms with Gasteiger partial charge in [0.15, 0.2) is 0 Å². The number of rotatable bonds is 9. The summed E-state index contributed by atoms with van der Waals surface area (Å²) in [5.74, 6) is 0.910. The molecular formula is C19H25NO2S. The van der Waals surface area contributed by atoms with E-state index in [1.807, 2.05) is 37.3 Å². The Morgan fingerprint density at radius 2 is 2.00 bits per heavy atom. The summed E-state index contributed by atoms with van der Waals surface area (Å²) in [7, 11) is 0. The number of aliphatic hydroxyl groups is 1. The van der Waals surface area contributed by atoms with Gasteiger partial charge in [0.1, 0.15) is 5.75 Å². The summed E-state index contributed by atoms with van der Waals surface area (Å²) in [6.07, 6.45) is 6.85. The molecule has 0 bridgehead atoms. The standard InChI is InChI=1S/C19H25NO2S/c1-19(20,15-21)13-12-18-11-10-17(23-18)9-5-6-14-22-16-7-3-2-4-8-16/h2-5,7-11,21H,6,12-15,20H2,1H3/b9-5+. The molecule has 0 radical (unpaired) electrons. The largest absolute Gasteiger partial charge is 0.493 e. The van der Waals surface area contributed by atoms with Crippen molar-refractivity contribution in [2.24, 2.45) is 5.73 Å². The van der Waals surface area contributed by atoms with Gasteiger partial charge in [0.25, 0.3) is 0 Å². The second-order valence-electron chi connectivity index (χ2n) is 5.97. The van der Waals surface area contributed by atoms with Gasteiger partial charge >= 0.3 is 0 Å². The Kier molecular flexibility index (Phi) is 6.84. The first-order valence-corrected chi connectivity index (χ1v) is 8.73. The highest BCUT2D eigenvalue weighted by Gasteiger charge is 2.16. The molecule has 0 fully saturated rings. The molecule has 1 heterocycles. The highest BCUT2D eigenvalue weighted by molar-refractivity contribution is 7.12. The Bertz CT molecular complexity index is 605. The molecule has 0 aliphatic rings. The molecule has 0 aliphatic heterocycles. The molecule has 2 rings (SSSR count). The van der Waals surface area contributed by atoms with Gasteiger partial charge in [-0.05, 0) is 56.5 Å². The lowest BCUT2D eigenvalue weighted by Crippen LogP contribution is -2.40. The molecule has 3 nitrogen and oxygen atoms in total. The number of nitrogens with two attached hydrogens (primary N) is 1. The van der Waals surface area contributed by atoms with E-state index in [4.69, 9.17) is 10.5 Å². The van der Waals surface area contributed by atoms with Crippen LogP contribution in [0.5, 0.6) is 5.75 Å². The minimum Gasteiger partial charge on any atom is -0.493 e. The van der Waals surface area contributed by atoms with Gasteiger partial charge in [-0.2, -0.15) is 0 Å². The van der Waals surface area contributed by atoms with Gasteiger partial charge in [-0.1, -0.05) is 24.3 Å². The number of para-hydroxylation sites is 1. The Balaban J connectivity index is 1.71. The molecule has 2 aromatic rings. The molecule has 0 aliphatic carbocycles. The van der Waals surface area contributed by atoms with Crippen LogP contribution in [0.3, 0.4) is 0 Å². The Hall–Kier alpha value is -1.62. The van der Waals surface area contributed by atoms with Crippen molar-refractivity contribution in [2.45, 2.75) is 31.7 Å². The lowest BCUT2D eigenvalue weighted by Gasteiger charge is -2.20. The monoisotopic (exact) mass is 331 g/mol. The molecule has 23 heavy (non-hydrogen) atoms. The van der Waals surface area contributed by atoms with Crippen molar-refractivity contribution in [3.8, 4) is 5.75 Å². The summed E-state index contributed by atoms with van der Waals surface area (Å²) in [5, 5.41) is 9.18. The summed E-state index contributed by atoms with van der Waals surface area (Å²) in [5.41, 5.74) is 5.47. The maximum absolute atomic E-state index is 9.18. The maximum atomic E-state index is 9.18. The number of hydrogen-bond acceptors (Lipinski definition) is 4. The van der Waals surface area contributed by atoms with E-state index >= 15 is 0 Å². The van der Waals surface area contributed by atoms with Crippen LogP contribution in [-0.2, 0) is 6.42 Å². The Morgan fingerprint density at radius 1 is 1.22 bits per heavy atom. The van der Waals surface area contributed by atoms with Gasteiger partial charge in [-0.3, -0.25) is 0 Å². The predicted molar refractivity (Wildman–Crippen MR) is 97.9 cm³/mol. The van der Waals surface area contributed by atoms with Crippen LogP contribution < -0.4 is 10.5 Å². The van der Waals surface area contributed by atoms with Gasteiger partial charge in [-0.25, -0.2) is 0 Å². The van der Waals surface area contributed by atoms with Crippen molar-refractivity contribution in [3.63, 3.8) is 0 Å². The number of aryl methyl sites for hydroxylation is 1. The fraction of sp³-hybridized carbons (Fsp3) is 0.368. The zero-order valence-corrected chi connectivity index (χ0v) is 14.4. The summed E-state index contributed by atoms with van der Waals surface area (Å²) in [6, 6.07) is 14.1. The van der Waals surface area contributed by atoms with Crippen molar-refractivity contribution in [3.05, 3.63) is 58.3 Å². The third kappa shape index (κ3) is 6.57. The fourth-order valence-corrected chi connectivity index (χ4v) is 3.01. The Morgan fingerprint density at radius 3 is 2.74 bits per heavy atom. The van der Waals surface area contributed by atoms with Crippen molar-refractivity contribution in [2.75, 3.05) is 13.2 Å². The molecule has 1 atom stereocenters. The van der Waals surface area contributed by atoms with Gasteiger partial charge in [0.05, 0.1) is 13.2 Å². The molecule has 0 saturated carbocycles. The zero-order chi connectivity index (χ0) is 16.5. The van der Waals surface area contributed by atoms with Crippen molar-refractivity contribution >= 4 is 17.4 Å². The van der Waals surface area contributed by atoms with Crippen LogP contribution in [0.2, 0.25) is 0 Å². The molecule has 3 N–H and O–H groups in total. The number of thiophene rings is 1. The van der Waals surface area contributed by atoms with E-state index < -0.39 is 5.54 Å². The van der Waals surface area contributed by atoms with Crippen LogP contribution >= 0.6 is 11.3 Å². The van der Waals surface area contributed by atoms with Crippen molar-refractivity contribution in [1.82, 2.24) is 0 Å². The van der Waals surface area contributed by atoms with Crippen LogP contribution in [0, 0.1) is 0 Å². The predicted octanol–water partition coefficient (Wildman–Crippen LogP) is 3.87. The molecule has 1 aromatic heterocycles. The number of hydrogen-bond donors (Lipinski definition) is 2. The average molecular weight is 331 g/mol. The van der Waals surface area contributed by atoms with Crippen LogP contribution in [0.4, 0.5) is 0 Å². The second kappa shape index (κ2) is 8.87. The normalized spacial score (nSPS) is 14.0. The maximum Gasteiger partial charge on any atom is 0.119 e. The quantitative estimate of drug-likeness (QED) is 0.686. The first-order chi connectivity index (χ1) is 11.1. The first kappa shape index (κ1) is 17.7. The fourth-order valence-electron chi connectivity index (χ4n) is 2.07. The van der Waals surface area contributed by atoms with Crippen LogP contribution in [0.1, 0.15) is 29.5 Å².